The van der Waals surface area contributed by atoms with Crippen LogP contribution in [0, 0.1) is 11.7 Å². The Hall–Kier alpha value is -4.01. The predicted octanol–water partition coefficient (Wildman–Crippen LogP) is 4.10. The minimum atomic E-state index is -1.39. The van der Waals surface area contributed by atoms with Crippen molar-refractivity contribution in [2.75, 3.05) is 6.54 Å². The van der Waals surface area contributed by atoms with Gasteiger partial charge in [-0.1, -0.05) is 24.3 Å². The van der Waals surface area contributed by atoms with Gasteiger partial charge in [0.1, 0.15) is 12.4 Å². The lowest BCUT2D eigenvalue weighted by Crippen LogP contribution is -2.48. The Morgan fingerprint density at radius 1 is 1.05 bits per heavy atom. The van der Waals surface area contributed by atoms with E-state index in [9.17, 15) is 18.8 Å². The first-order valence-electron chi connectivity index (χ1n) is 13.6. The fourth-order valence-electron chi connectivity index (χ4n) is 6.61. The molecule has 2 aliphatic heterocycles. The Labute approximate surface area is 225 Å². The van der Waals surface area contributed by atoms with Crippen molar-refractivity contribution in [2.24, 2.45) is 13.0 Å². The van der Waals surface area contributed by atoms with Crippen LogP contribution in [-0.2, 0) is 46.4 Å². The van der Waals surface area contributed by atoms with Gasteiger partial charge in [-0.25, -0.2) is 14.1 Å². The number of rotatable bonds is 4. The van der Waals surface area contributed by atoms with Gasteiger partial charge in [-0.15, -0.1) is 0 Å². The quantitative estimate of drug-likeness (QED) is 0.509. The van der Waals surface area contributed by atoms with E-state index in [2.05, 4.69) is 5.10 Å². The van der Waals surface area contributed by atoms with Crippen molar-refractivity contribution >= 4 is 17.9 Å². The molecular formula is C30H29FN4O4. The zero-order chi connectivity index (χ0) is 26.9. The van der Waals surface area contributed by atoms with E-state index in [0.717, 1.165) is 52.0 Å². The molecule has 4 aliphatic rings. The number of hydrogen-bond donors (Lipinski definition) is 0. The second kappa shape index (κ2) is 8.76. The molecule has 1 spiro atoms. The average Bonchev–Trinajstić information content (AvgIpc) is 3.55. The number of carbonyl (C=O) groups is 3. The summed E-state index contributed by atoms with van der Waals surface area (Å²) in [5.74, 6) is -0.640. The number of imide groups is 1. The van der Waals surface area contributed by atoms with Gasteiger partial charge in [0, 0.05) is 43.4 Å². The Morgan fingerprint density at radius 3 is 2.67 bits per heavy atom. The zero-order valence-corrected chi connectivity index (χ0v) is 21.7. The molecule has 2 fully saturated rings. The Bertz CT molecular complexity index is 1530. The lowest BCUT2D eigenvalue weighted by Gasteiger charge is -2.31. The number of benzene rings is 2. The molecular weight excluding hydrogens is 499 g/mol. The van der Waals surface area contributed by atoms with Crippen LogP contribution in [0.2, 0.25) is 0 Å². The monoisotopic (exact) mass is 528 g/mol. The molecule has 0 unspecified atom stereocenters. The normalized spacial score (nSPS) is 24.1. The van der Waals surface area contributed by atoms with Crippen LogP contribution in [0.5, 0.6) is 0 Å². The Balaban J connectivity index is 1.14. The molecule has 1 aromatic heterocycles. The van der Waals surface area contributed by atoms with Crippen molar-refractivity contribution in [3.63, 3.8) is 0 Å². The fraction of sp³-hybridized carbons (Fsp3) is 0.400. The molecule has 1 saturated carbocycles. The number of nitrogens with zero attached hydrogens (tertiary/aromatic N) is 4. The van der Waals surface area contributed by atoms with Gasteiger partial charge in [0.2, 0.25) is 11.5 Å². The van der Waals surface area contributed by atoms with E-state index in [1.165, 1.54) is 6.07 Å². The molecule has 2 aromatic carbocycles. The van der Waals surface area contributed by atoms with Crippen LogP contribution in [0.3, 0.4) is 0 Å². The standard InChI is InChI=1S/C30H29FN4O4/c1-33-15-23(14-32-33)19-5-8-25-21(12-19)10-11-30(25)28(37)35(29(38)39-30)17-27(36)34-16-22-4-7-24(31)13-20(22)6-9-26(34)18-2-3-18/h4-5,7-8,12-15,18,26H,2-3,6,9-11,16-17H2,1H3/t26-,30+/m1/s1. The van der Waals surface area contributed by atoms with Gasteiger partial charge in [0.25, 0.3) is 5.91 Å². The number of fused-ring (bicyclic) bond motifs is 3. The van der Waals surface area contributed by atoms with E-state index in [1.807, 2.05) is 31.4 Å². The molecule has 200 valence electrons. The van der Waals surface area contributed by atoms with E-state index in [1.54, 1.807) is 27.9 Å². The highest BCUT2D eigenvalue weighted by molar-refractivity contribution is 6.06. The van der Waals surface area contributed by atoms with Gasteiger partial charge in [0.05, 0.1) is 6.20 Å². The maximum Gasteiger partial charge on any atom is 0.418 e. The molecule has 0 bridgehead atoms. The topological polar surface area (TPSA) is 84.7 Å². The van der Waals surface area contributed by atoms with E-state index < -0.39 is 17.6 Å². The second-order valence-electron chi connectivity index (χ2n) is 11.2. The molecule has 3 heterocycles. The first-order chi connectivity index (χ1) is 18.8. The number of ether oxygens (including phenoxy) is 1. The molecule has 2 aliphatic carbocycles. The smallest absolute Gasteiger partial charge is 0.418 e. The first-order valence-corrected chi connectivity index (χ1v) is 13.6. The van der Waals surface area contributed by atoms with Crippen LogP contribution < -0.4 is 0 Å². The van der Waals surface area contributed by atoms with Crippen LogP contribution in [0.25, 0.3) is 11.1 Å². The van der Waals surface area contributed by atoms with E-state index in [4.69, 9.17) is 4.74 Å². The van der Waals surface area contributed by atoms with E-state index >= 15 is 0 Å². The number of aryl methyl sites for hydroxylation is 3. The van der Waals surface area contributed by atoms with Gasteiger partial charge in [-0.2, -0.15) is 5.10 Å². The first kappa shape index (κ1) is 24.1. The summed E-state index contributed by atoms with van der Waals surface area (Å²) in [6, 6.07) is 10.5. The second-order valence-corrected chi connectivity index (χ2v) is 11.2. The van der Waals surface area contributed by atoms with Gasteiger partial charge in [-0.3, -0.25) is 14.3 Å². The SMILES string of the molecule is Cn1cc(-c2ccc3c(c2)CC[C@]32OC(=O)N(CC(=O)N3Cc4ccc(F)cc4CC[C@@H]3C3CC3)C2=O)cn1. The molecule has 1 saturated heterocycles. The number of aromatic nitrogens is 2. The number of amides is 3. The third-order valence-corrected chi connectivity index (χ3v) is 8.80. The molecule has 3 aromatic rings. The van der Waals surface area contributed by atoms with Gasteiger partial charge >= 0.3 is 6.09 Å². The van der Waals surface area contributed by atoms with E-state index in [0.29, 0.717) is 37.3 Å². The van der Waals surface area contributed by atoms with Gasteiger partial charge in [-0.05, 0) is 72.4 Å². The van der Waals surface area contributed by atoms with Crippen LogP contribution in [0.4, 0.5) is 9.18 Å². The van der Waals surface area contributed by atoms with Crippen molar-refractivity contribution in [1.29, 1.82) is 0 Å². The minimum absolute atomic E-state index is 0.00810. The van der Waals surface area contributed by atoms with Crippen molar-refractivity contribution in [1.82, 2.24) is 19.6 Å². The van der Waals surface area contributed by atoms with Crippen molar-refractivity contribution in [3.8, 4) is 11.1 Å². The van der Waals surface area contributed by atoms with Gasteiger partial charge < -0.3 is 9.64 Å². The zero-order valence-electron chi connectivity index (χ0n) is 21.7. The molecule has 39 heavy (non-hydrogen) atoms. The highest BCUT2D eigenvalue weighted by Crippen LogP contribution is 2.46. The van der Waals surface area contributed by atoms with Crippen LogP contribution >= 0.6 is 0 Å². The maximum absolute atomic E-state index is 13.9. The van der Waals surface area contributed by atoms with Crippen LogP contribution in [0.1, 0.15) is 47.9 Å². The van der Waals surface area contributed by atoms with Crippen molar-refractivity contribution in [2.45, 2.75) is 56.7 Å². The molecule has 0 N–H and O–H groups in total. The summed E-state index contributed by atoms with van der Waals surface area (Å²) >= 11 is 0. The number of halogens is 1. The average molecular weight is 529 g/mol. The Morgan fingerprint density at radius 2 is 1.90 bits per heavy atom. The number of hydrogen-bond acceptors (Lipinski definition) is 5. The highest BCUT2D eigenvalue weighted by atomic mass is 19.1. The summed E-state index contributed by atoms with van der Waals surface area (Å²) in [4.78, 5) is 43.3. The summed E-state index contributed by atoms with van der Waals surface area (Å²) in [5.41, 5.74) is 4.03. The molecule has 9 heteroatoms. The lowest BCUT2D eigenvalue weighted by atomic mass is 9.93. The minimum Gasteiger partial charge on any atom is -0.427 e. The number of carbonyl (C=O) groups excluding carboxylic acids is 3. The maximum atomic E-state index is 13.9. The van der Waals surface area contributed by atoms with Gasteiger partial charge in [0.15, 0.2) is 0 Å². The summed E-state index contributed by atoms with van der Waals surface area (Å²) in [7, 11) is 1.86. The fourth-order valence-corrected chi connectivity index (χ4v) is 6.61. The largest absolute Gasteiger partial charge is 0.427 e. The third-order valence-electron chi connectivity index (χ3n) is 8.80. The Kier molecular flexibility index (Phi) is 5.40. The summed E-state index contributed by atoms with van der Waals surface area (Å²) < 4.78 is 21.4. The van der Waals surface area contributed by atoms with Crippen molar-refractivity contribution in [3.05, 3.63) is 76.9 Å². The summed E-state index contributed by atoms with van der Waals surface area (Å²) in [6.45, 7) is -0.0138. The lowest BCUT2D eigenvalue weighted by molar-refractivity contribution is -0.143. The summed E-state index contributed by atoms with van der Waals surface area (Å²) in [5, 5.41) is 4.23. The predicted molar refractivity (Wildman–Crippen MR) is 139 cm³/mol. The highest BCUT2D eigenvalue weighted by Gasteiger charge is 2.58. The molecule has 8 nitrogen and oxygen atoms in total. The summed E-state index contributed by atoms with van der Waals surface area (Å²) in [6.07, 6.45) is 7.40. The molecule has 0 radical (unpaired) electrons. The molecule has 3 amide bonds. The molecule has 7 rings (SSSR count). The third kappa shape index (κ3) is 3.94. The van der Waals surface area contributed by atoms with Crippen molar-refractivity contribution < 1.29 is 23.5 Å². The van der Waals surface area contributed by atoms with E-state index in [-0.39, 0.29) is 24.3 Å². The van der Waals surface area contributed by atoms with Crippen LogP contribution in [0.15, 0.2) is 48.8 Å². The van der Waals surface area contributed by atoms with Crippen LogP contribution in [-0.4, -0.2) is 50.1 Å². The molecule has 2 atom stereocenters.